The van der Waals surface area contributed by atoms with Gasteiger partial charge in [-0.3, -0.25) is 4.79 Å². The summed E-state index contributed by atoms with van der Waals surface area (Å²) < 4.78 is 0. The molecule has 2 fully saturated rings. The van der Waals surface area contributed by atoms with E-state index >= 15 is 0 Å². The maximum atomic E-state index is 12.2. The normalized spacial score (nSPS) is 30.4. The van der Waals surface area contributed by atoms with Crippen LogP contribution in [0.3, 0.4) is 0 Å². The second-order valence-electron chi connectivity index (χ2n) is 5.86. The number of hydrogen-bond acceptors (Lipinski definition) is 3. The molecule has 1 amide bonds. The minimum Gasteiger partial charge on any atom is -0.480 e. The van der Waals surface area contributed by atoms with Crippen molar-refractivity contribution in [3.8, 4) is 0 Å². The first-order valence-electron chi connectivity index (χ1n) is 6.90. The largest absolute Gasteiger partial charge is 0.480 e. The van der Waals surface area contributed by atoms with Gasteiger partial charge in [0.05, 0.1) is 0 Å². The van der Waals surface area contributed by atoms with Crippen molar-refractivity contribution in [3.63, 3.8) is 0 Å². The van der Waals surface area contributed by atoms with E-state index in [0.29, 0.717) is 24.3 Å². The second kappa shape index (κ2) is 5.33. The molecule has 19 heavy (non-hydrogen) atoms. The summed E-state index contributed by atoms with van der Waals surface area (Å²) in [6, 6.07) is 0. The number of carboxylic acids is 1. The molecule has 0 unspecified atom stereocenters. The zero-order valence-corrected chi connectivity index (χ0v) is 11.6. The van der Waals surface area contributed by atoms with Crippen LogP contribution in [0.25, 0.3) is 0 Å². The van der Waals surface area contributed by atoms with E-state index in [-0.39, 0.29) is 5.91 Å². The van der Waals surface area contributed by atoms with E-state index < -0.39 is 11.5 Å². The summed E-state index contributed by atoms with van der Waals surface area (Å²) in [6.07, 6.45) is 2.75. The van der Waals surface area contributed by atoms with Crippen LogP contribution < -0.4 is 10.6 Å². The molecule has 5 nitrogen and oxygen atoms in total. The zero-order valence-electron chi connectivity index (χ0n) is 11.6. The summed E-state index contributed by atoms with van der Waals surface area (Å²) in [4.78, 5) is 23.7. The van der Waals surface area contributed by atoms with Crippen LogP contribution in [0.15, 0.2) is 11.1 Å². The van der Waals surface area contributed by atoms with Crippen LogP contribution in [0.5, 0.6) is 0 Å². The Morgan fingerprint density at radius 2 is 1.89 bits per heavy atom. The topological polar surface area (TPSA) is 78.4 Å². The molecule has 0 atom stereocenters. The van der Waals surface area contributed by atoms with E-state index in [4.69, 9.17) is 0 Å². The Kier molecular flexibility index (Phi) is 3.94. The number of carbonyl (C=O) groups excluding carboxylic acids is 1. The Balaban J connectivity index is 2.09. The van der Waals surface area contributed by atoms with Gasteiger partial charge in [0.1, 0.15) is 5.54 Å². The highest BCUT2D eigenvalue weighted by Gasteiger charge is 2.42. The summed E-state index contributed by atoms with van der Waals surface area (Å²) in [5, 5.41) is 15.3. The summed E-state index contributed by atoms with van der Waals surface area (Å²) in [6.45, 7) is 5.36. The highest BCUT2D eigenvalue weighted by molar-refractivity contribution is 5.97. The van der Waals surface area contributed by atoms with Crippen molar-refractivity contribution in [1.29, 1.82) is 0 Å². The van der Waals surface area contributed by atoms with Crippen LogP contribution in [0, 0.1) is 5.92 Å². The molecule has 1 aliphatic heterocycles. The van der Waals surface area contributed by atoms with E-state index in [0.717, 1.165) is 31.5 Å². The third-order valence-corrected chi connectivity index (χ3v) is 4.44. The number of nitrogens with one attached hydrogen (secondary N) is 2. The summed E-state index contributed by atoms with van der Waals surface area (Å²) in [7, 11) is 0. The maximum Gasteiger partial charge on any atom is 0.329 e. The lowest BCUT2D eigenvalue weighted by Crippen LogP contribution is -2.56. The summed E-state index contributed by atoms with van der Waals surface area (Å²) in [5.41, 5.74) is 0.669. The molecule has 1 heterocycles. The number of aliphatic carboxylic acids is 1. The minimum atomic E-state index is -1.07. The van der Waals surface area contributed by atoms with E-state index in [1.807, 2.05) is 0 Å². The van der Waals surface area contributed by atoms with Crippen LogP contribution in [0.4, 0.5) is 0 Å². The fourth-order valence-electron chi connectivity index (χ4n) is 2.63. The van der Waals surface area contributed by atoms with Gasteiger partial charge in [-0.05, 0) is 44.1 Å². The molecule has 1 saturated heterocycles. The standard InChI is InChI=1S/C14H22N2O3/c1-9-3-5-14(6-4-9,13(18)19)16-12(17)10(2)11-7-15-8-11/h9,15H,3-8H2,1-2H3,(H,16,17)(H,18,19). The van der Waals surface area contributed by atoms with Gasteiger partial charge in [0.15, 0.2) is 0 Å². The molecule has 0 spiro atoms. The first-order chi connectivity index (χ1) is 8.94. The Bertz CT molecular complexity index is 414. The first-order valence-corrected chi connectivity index (χ1v) is 6.90. The van der Waals surface area contributed by atoms with Crippen molar-refractivity contribution in [2.24, 2.45) is 5.92 Å². The number of rotatable bonds is 3. The highest BCUT2D eigenvalue weighted by atomic mass is 16.4. The molecule has 106 valence electrons. The van der Waals surface area contributed by atoms with Gasteiger partial charge < -0.3 is 15.7 Å². The third-order valence-electron chi connectivity index (χ3n) is 4.44. The molecule has 0 aromatic carbocycles. The van der Waals surface area contributed by atoms with Gasteiger partial charge in [-0.25, -0.2) is 4.79 Å². The van der Waals surface area contributed by atoms with Crippen LogP contribution in [-0.4, -0.2) is 35.6 Å². The lowest BCUT2D eigenvalue weighted by molar-refractivity contribution is -0.149. The van der Waals surface area contributed by atoms with Gasteiger partial charge in [0, 0.05) is 18.7 Å². The molecule has 0 aromatic heterocycles. The van der Waals surface area contributed by atoms with E-state index in [9.17, 15) is 14.7 Å². The van der Waals surface area contributed by atoms with Gasteiger partial charge in [0.25, 0.3) is 0 Å². The number of amides is 1. The quantitative estimate of drug-likeness (QED) is 0.667. The van der Waals surface area contributed by atoms with E-state index in [1.54, 1.807) is 6.92 Å². The molecule has 1 saturated carbocycles. The molecule has 0 aromatic rings. The minimum absolute atomic E-state index is 0.228. The van der Waals surface area contributed by atoms with Crippen molar-refractivity contribution in [3.05, 3.63) is 11.1 Å². The van der Waals surface area contributed by atoms with Crippen molar-refractivity contribution in [1.82, 2.24) is 10.6 Å². The van der Waals surface area contributed by atoms with Gasteiger partial charge in [-0.1, -0.05) is 6.92 Å². The predicted molar refractivity (Wildman–Crippen MR) is 71.7 cm³/mol. The lowest BCUT2D eigenvalue weighted by Gasteiger charge is -2.37. The molecular formula is C14H22N2O3. The van der Waals surface area contributed by atoms with Gasteiger partial charge in [-0.15, -0.1) is 0 Å². The predicted octanol–water partition coefficient (Wildman–Crippen LogP) is 1.06. The number of carboxylic acid groups (broad SMARTS) is 1. The number of carbonyl (C=O) groups is 2. The average molecular weight is 266 g/mol. The molecule has 1 aliphatic carbocycles. The first kappa shape index (κ1) is 14.1. The zero-order chi connectivity index (χ0) is 14.0. The Labute approximate surface area is 113 Å². The molecule has 3 N–H and O–H groups in total. The van der Waals surface area contributed by atoms with E-state index in [1.165, 1.54) is 0 Å². The fourth-order valence-corrected chi connectivity index (χ4v) is 2.63. The fraction of sp³-hybridized carbons (Fsp3) is 0.714. The van der Waals surface area contributed by atoms with Crippen molar-refractivity contribution in [2.45, 2.75) is 45.1 Å². The lowest BCUT2D eigenvalue weighted by atomic mass is 9.77. The van der Waals surface area contributed by atoms with Crippen LogP contribution in [-0.2, 0) is 9.59 Å². The van der Waals surface area contributed by atoms with Gasteiger partial charge in [0.2, 0.25) is 5.91 Å². The van der Waals surface area contributed by atoms with Gasteiger partial charge >= 0.3 is 5.97 Å². The van der Waals surface area contributed by atoms with E-state index in [2.05, 4.69) is 17.6 Å². The molecule has 2 rings (SSSR count). The molecule has 0 radical (unpaired) electrons. The Morgan fingerprint density at radius 1 is 1.32 bits per heavy atom. The number of hydrogen-bond donors (Lipinski definition) is 3. The third kappa shape index (κ3) is 2.81. The molecule has 2 aliphatic rings. The Morgan fingerprint density at radius 3 is 2.32 bits per heavy atom. The summed E-state index contributed by atoms with van der Waals surface area (Å²) >= 11 is 0. The van der Waals surface area contributed by atoms with Crippen molar-refractivity contribution in [2.75, 3.05) is 13.1 Å². The Hall–Kier alpha value is -1.36. The average Bonchev–Trinajstić information content (AvgIpc) is 2.29. The summed E-state index contributed by atoms with van der Waals surface area (Å²) in [5.74, 6) is -0.592. The van der Waals surface area contributed by atoms with Crippen LogP contribution in [0.2, 0.25) is 0 Å². The monoisotopic (exact) mass is 266 g/mol. The van der Waals surface area contributed by atoms with Crippen molar-refractivity contribution >= 4 is 11.9 Å². The molecule has 0 bridgehead atoms. The molecule has 5 heteroatoms. The highest BCUT2D eigenvalue weighted by Crippen LogP contribution is 2.32. The maximum absolute atomic E-state index is 12.2. The SMILES string of the molecule is CC(C(=O)NC1(C(=O)O)CCC(C)CC1)=C1CNC1. The van der Waals surface area contributed by atoms with Crippen LogP contribution >= 0.6 is 0 Å². The van der Waals surface area contributed by atoms with Gasteiger partial charge in [-0.2, -0.15) is 0 Å². The smallest absolute Gasteiger partial charge is 0.329 e. The van der Waals surface area contributed by atoms with Crippen molar-refractivity contribution < 1.29 is 14.7 Å². The molecular weight excluding hydrogens is 244 g/mol. The second-order valence-corrected chi connectivity index (χ2v) is 5.86. The van der Waals surface area contributed by atoms with Crippen LogP contribution in [0.1, 0.15) is 39.5 Å².